The van der Waals surface area contributed by atoms with Gasteiger partial charge < -0.3 is 14.9 Å². The molecule has 0 spiro atoms. The number of para-hydroxylation sites is 1. The van der Waals surface area contributed by atoms with Gasteiger partial charge in [0.1, 0.15) is 0 Å². The van der Waals surface area contributed by atoms with E-state index >= 15 is 0 Å². The van der Waals surface area contributed by atoms with Crippen molar-refractivity contribution in [2.75, 3.05) is 11.1 Å². The SMILES string of the molecule is NS(=O)(=O)c1ccc(NC(=O)CSc2c([O-])on[n+]2-c2ccccc2)cc1. The smallest absolute Gasteiger partial charge is 0.298 e. The molecule has 1 amide bonds. The molecule has 9 nitrogen and oxygen atoms in total. The number of carbonyl (C=O) groups excluding carboxylic acids is 1. The van der Waals surface area contributed by atoms with Crippen molar-refractivity contribution in [3.8, 4) is 11.6 Å². The molecule has 0 unspecified atom stereocenters. The van der Waals surface area contributed by atoms with Crippen molar-refractivity contribution < 1.29 is 27.5 Å². The number of sulfonamides is 1. The lowest BCUT2D eigenvalue weighted by molar-refractivity contribution is -0.705. The summed E-state index contributed by atoms with van der Waals surface area (Å²) in [5.41, 5.74) is 1.03. The second-order valence-electron chi connectivity index (χ2n) is 5.32. The predicted molar refractivity (Wildman–Crippen MR) is 94.6 cm³/mol. The van der Waals surface area contributed by atoms with Gasteiger partial charge in [-0.1, -0.05) is 18.2 Å². The topological polar surface area (TPSA) is 142 Å². The molecular formula is C16H14N4O5S2. The molecule has 140 valence electrons. The van der Waals surface area contributed by atoms with Crippen molar-refractivity contribution in [2.45, 2.75) is 9.92 Å². The molecule has 0 radical (unpaired) electrons. The van der Waals surface area contributed by atoms with Crippen LogP contribution in [0.1, 0.15) is 0 Å². The summed E-state index contributed by atoms with van der Waals surface area (Å²) < 4.78 is 28.4. The van der Waals surface area contributed by atoms with Crippen LogP contribution in [0.25, 0.3) is 5.69 Å². The van der Waals surface area contributed by atoms with Crippen molar-refractivity contribution in [3.63, 3.8) is 0 Å². The lowest BCUT2D eigenvalue weighted by Crippen LogP contribution is -2.35. The highest BCUT2D eigenvalue weighted by molar-refractivity contribution is 7.99. The lowest BCUT2D eigenvalue weighted by atomic mass is 10.3. The maximum absolute atomic E-state index is 12.1. The number of benzene rings is 2. The zero-order chi connectivity index (χ0) is 19.4. The van der Waals surface area contributed by atoms with E-state index in [-0.39, 0.29) is 21.6 Å². The second kappa shape index (κ2) is 7.78. The first-order valence-electron chi connectivity index (χ1n) is 7.54. The van der Waals surface area contributed by atoms with Gasteiger partial charge in [0, 0.05) is 17.8 Å². The van der Waals surface area contributed by atoms with Gasteiger partial charge in [-0.05, 0) is 40.7 Å². The molecule has 0 saturated heterocycles. The third-order valence-electron chi connectivity index (χ3n) is 3.38. The number of amides is 1. The number of primary sulfonamides is 1. The molecule has 27 heavy (non-hydrogen) atoms. The average Bonchev–Trinajstić information content (AvgIpc) is 3.01. The molecular weight excluding hydrogens is 392 g/mol. The van der Waals surface area contributed by atoms with Gasteiger partial charge in [-0.2, -0.15) is 0 Å². The van der Waals surface area contributed by atoms with Crippen LogP contribution in [0, 0.1) is 0 Å². The van der Waals surface area contributed by atoms with Gasteiger partial charge in [0.25, 0.3) is 5.03 Å². The Morgan fingerprint density at radius 1 is 1.19 bits per heavy atom. The van der Waals surface area contributed by atoms with Crippen LogP contribution >= 0.6 is 11.8 Å². The van der Waals surface area contributed by atoms with Crippen LogP contribution < -0.4 is 20.2 Å². The van der Waals surface area contributed by atoms with Gasteiger partial charge in [-0.3, -0.25) is 4.79 Å². The Morgan fingerprint density at radius 3 is 2.48 bits per heavy atom. The van der Waals surface area contributed by atoms with Crippen LogP contribution in [0.4, 0.5) is 5.69 Å². The molecule has 3 aromatic rings. The fourth-order valence-electron chi connectivity index (χ4n) is 2.15. The number of aromatic nitrogens is 2. The van der Waals surface area contributed by atoms with Crippen LogP contribution in [-0.4, -0.2) is 25.3 Å². The van der Waals surface area contributed by atoms with E-state index in [0.29, 0.717) is 11.4 Å². The quantitative estimate of drug-likeness (QED) is 0.446. The van der Waals surface area contributed by atoms with Crippen LogP contribution in [-0.2, 0) is 14.8 Å². The minimum atomic E-state index is -3.80. The summed E-state index contributed by atoms with van der Waals surface area (Å²) in [4.78, 5) is 12.1. The van der Waals surface area contributed by atoms with Gasteiger partial charge >= 0.3 is 0 Å². The van der Waals surface area contributed by atoms with Gasteiger partial charge in [0.2, 0.25) is 21.6 Å². The Hall–Kier alpha value is -2.89. The number of anilines is 1. The van der Waals surface area contributed by atoms with Crippen LogP contribution in [0.3, 0.4) is 0 Å². The van der Waals surface area contributed by atoms with Crippen LogP contribution in [0.5, 0.6) is 5.95 Å². The van der Waals surface area contributed by atoms with E-state index in [1.165, 1.54) is 28.9 Å². The zero-order valence-corrected chi connectivity index (χ0v) is 15.4. The Labute approximate surface area is 158 Å². The highest BCUT2D eigenvalue weighted by Gasteiger charge is 2.22. The Morgan fingerprint density at radius 2 is 1.85 bits per heavy atom. The number of carbonyl (C=O) groups is 1. The molecule has 1 aromatic heterocycles. The summed E-state index contributed by atoms with van der Waals surface area (Å²) in [6.45, 7) is 0. The molecule has 0 fully saturated rings. The van der Waals surface area contributed by atoms with Crippen molar-refractivity contribution in [1.29, 1.82) is 0 Å². The highest BCUT2D eigenvalue weighted by atomic mass is 32.2. The first kappa shape index (κ1) is 18.9. The van der Waals surface area contributed by atoms with Gasteiger partial charge in [0.15, 0.2) is 5.95 Å². The van der Waals surface area contributed by atoms with Gasteiger partial charge in [0.05, 0.1) is 15.9 Å². The van der Waals surface area contributed by atoms with Gasteiger partial charge in [-0.25, -0.2) is 13.6 Å². The summed E-state index contributed by atoms with van der Waals surface area (Å²) in [5, 5.41) is 23.3. The Kier molecular flexibility index (Phi) is 5.44. The van der Waals surface area contributed by atoms with E-state index in [9.17, 15) is 18.3 Å². The maximum Gasteiger partial charge on any atom is 0.298 e. The summed E-state index contributed by atoms with van der Waals surface area (Å²) >= 11 is 0.976. The number of hydrogen-bond donors (Lipinski definition) is 2. The van der Waals surface area contributed by atoms with E-state index in [2.05, 4.69) is 15.1 Å². The molecule has 3 rings (SSSR count). The van der Waals surface area contributed by atoms with E-state index in [1.807, 2.05) is 6.07 Å². The minimum Gasteiger partial charge on any atom is -0.538 e. The number of nitrogens with one attached hydrogen (secondary N) is 1. The molecule has 1 heterocycles. The molecule has 3 N–H and O–H groups in total. The highest BCUT2D eigenvalue weighted by Crippen LogP contribution is 2.23. The number of nitrogens with two attached hydrogens (primary N) is 1. The molecule has 0 aliphatic rings. The van der Waals surface area contributed by atoms with Crippen molar-refractivity contribution in [3.05, 3.63) is 54.6 Å². The molecule has 2 aromatic carbocycles. The van der Waals surface area contributed by atoms with Crippen LogP contribution in [0.15, 0.2) is 69.0 Å². The number of rotatable bonds is 6. The average molecular weight is 406 g/mol. The third kappa shape index (κ3) is 4.64. The fourth-order valence-corrected chi connectivity index (χ4v) is 3.42. The summed E-state index contributed by atoms with van der Waals surface area (Å²) in [6.07, 6.45) is 0. The standard InChI is InChI=1S/C16H14N4O5S2/c17-27(23,24)13-8-6-11(7-9-13)18-14(21)10-26-15-16(22)25-19-20(15)12-4-2-1-3-5-12/h1-9H,10H2,(H3-,17,18,19,21,22,23,24). The number of thioether (sulfide) groups is 1. The Balaban J connectivity index is 1.66. The second-order valence-corrected chi connectivity index (χ2v) is 7.84. The summed E-state index contributed by atoms with van der Waals surface area (Å²) in [5.74, 6) is -1.10. The normalized spacial score (nSPS) is 11.3. The molecule has 0 aliphatic carbocycles. The number of nitrogens with zero attached hydrogens (tertiary/aromatic N) is 2. The zero-order valence-electron chi connectivity index (χ0n) is 13.7. The Bertz CT molecular complexity index is 1050. The van der Waals surface area contributed by atoms with E-state index in [4.69, 9.17) is 5.14 Å². The largest absolute Gasteiger partial charge is 0.538 e. The third-order valence-corrected chi connectivity index (χ3v) is 5.33. The minimum absolute atomic E-state index is 0.0563. The molecule has 0 aliphatic heterocycles. The monoisotopic (exact) mass is 406 g/mol. The lowest BCUT2D eigenvalue weighted by Gasteiger charge is -2.05. The molecule has 0 bridgehead atoms. The first-order valence-corrected chi connectivity index (χ1v) is 10.1. The van der Waals surface area contributed by atoms with E-state index < -0.39 is 16.0 Å². The summed E-state index contributed by atoms with van der Waals surface area (Å²) in [6, 6.07) is 14.3. The predicted octanol–water partition coefficient (Wildman–Crippen LogP) is 0.403. The maximum atomic E-state index is 12.1. The molecule has 0 atom stereocenters. The molecule has 11 heteroatoms. The summed E-state index contributed by atoms with van der Waals surface area (Å²) in [7, 11) is -3.80. The first-order chi connectivity index (χ1) is 12.8. The van der Waals surface area contributed by atoms with Crippen molar-refractivity contribution >= 4 is 33.4 Å². The van der Waals surface area contributed by atoms with Crippen molar-refractivity contribution in [1.82, 2.24) is 5.27 Å². The van der Waals surface area contributed by atoms with Gasteiger partial charge in [-0.15, -0.1) is 0 Å². The molecule has 0 saturated carbocycles. The number of hydrogen-bond acceptors (Lipinski definition) is 7. The van der Waals surface area contributed by atoms with E-state index in [1.54, 1.807) is 24.3 Å². The van der Waals surface area contributed by atoms with Crippen LogP contribution in [0.2, 0.25) is 0 Å². The van der Waals surface area contributed by atoms with Crippen molar-refractivity contribution in [2.24, 2.45) is 5.14 Å². The van der Waals surface area contributed by atoms with E-state index in [0.717, 1.165) is 11.8 Å². The fraction of sp³-hybridized carbons (Fsp3) is 0.0625.